The number of nitrogens with zero attached hydrogens (tertiary/aromatic N) is 3. The standard InChI is InChI=1S/C15H19N5O/c1-8-5-9(2)18-12(17-8)13-19-10-6-15(3,4)7-16-14(21)11(10)20-13/h5H,6-7H2,1-4H3,(H,16,21)(H,19,20). The average molecular weight is 285 g/mol. The van der Waals surface area contributed by atoms with Crippen LogP contribution < -0.4 is 5.32 Å². The van der Waals surface area contributed by atoms with Crippen molar-refractivity contribution < 1.29 is 4.79 Å². The molecule has 6 nitrogen and oxygen atoms in total. The molecule has 0 saturated heterocycles. The number of hydrogen-bond acceptors (Lipinski definition) is 4. The number of imidazole rings is 1. The van der Waals surface area contributed by atoms with Crippen LogP contribution in [0.3, 0.4) is 0 Å². The molecule has 0 saturated carbocycles. The number of nitrogens with one attached hydrogen (secondary N) is 2. The van der Waals surface area contributed by atoms with E-state index in [0.29, 0.717) is 23.9 Å². The predicted octanol–water partition coefficient (Wildman–Crippen LogP) is 1.80. The van der Waals surface area contributed by atoms with Gasteiger partial charge in [-0.15, -0.1) is 0 Å². The molecule has 0 radical (unpaired) electrons. The van der Waals surface area contributed by atoms with Gasteiger partial charge in [0.1, 0.15) is 5.69 Å². The zero-order valence-corrected chi connectivity index (χ0v) is 12.7. The van der Waals surface area contributed by atoms with E-state index in [1.165, 1.54) is 0 Å². The van der Waals surface area contributed by atoms with E-state index in [2.05, 4.69) is 39.1 Å². The third kappa shape index (κ3) is 2.66. The highest BCUT2D eigenvalue weighted by Crippen LogP contribution is 2.26. The summed E-state index contributed by atoms with van der Waals surface area (Å²) in [5.41, 5.74) is 3.07. The minimum atomic E-state index is -0.137. The summed E-state index contributed by atoms with van der Waals surface area (Å²) < 4.78 is 0. The summed E-state index contributed by atoms with van der Waals surface area (Å²) >= 11 is 0. The fourth-order valence-electron chi connectivity index (χ4n) is 2.61. The van der Waals surface area contributed by atoms with Crippen molar-refractivity contribution in [3.8, 4) is 11.6 Å². The zero-order valence-electron chi connectivity index (χ0n) is 12.7. The highest BCUT2D eigenvalue weighted by molar-refractivity contribution is 5.94. The van der Waals surface area contributed by atoms with Gasteiger partial charge in [-0.2, -0.15) is 0 Å². The molecular formula is C15H19N5O. The van der Waals surface area contributed by atoms with Gasteiger partial charge in [-0.25, -0.2) is 15.0 Å². The molecule has 0 fully saturated rings. The molecule has 2 N–H and O–H groups in total. The summed E-state index contributed by atoms with van der Waals surface area (Å²) in [5, 5.41) is 2.92. The number of H-pyrrole nitrogens is 1. The molecule has 0 aromatic carbocycles. The smallest absolute Gasteiger partial charge is 0.271 e. The Hall–Kier alpha value is -2.24. The summed E-state index contributed by atoms with van der Waals surface area (Å²) in [6.45, 7) is 8.72. The van der Waals surface area contributed by atoms with Gasteiger partial charge in [-0.1, -0.05) is 13.8 Å². The number of fused-ring (bicyclic) bond motifs is 1. The van der Waals surface area contributed by atoms with Gasteiger partial charge in [-0.3, -0.25) is 4.79 Å². The number of carbonyl (C=O) groups is 1. The minimum absolute atomic E-state index is 0.00586. The van der Waals surface area contributed by atoms with Crippen molar-refractivity contribution in [1.82, 2.24) is 25.3 Å². The van der Waals surface area contributed by atoms with Gasteiger partial charge in [0.05, 0.1) is 0 Å². The molecule has 0 spiro atoms. The fraction of sp³-hybridized carbons (Fsp3) is 0.467. The van der Waals surface area contributed by atoms with Crippen molar-refractivity contribution in [3.63, 3.8) is 0 Å². The first-order valence-electron chi connectivity index (χ1n) is 7.04. The second-order valence-electron chi connectivity index (χ2n) is 6.41. The van der Waals surface area contributed by atoms with Crippen LogP contribution in [0.1, 0.15) is 41.4 Å². The van der Waals surface area contributed by atoms with E-state index < -0.39 is 0 Å². The van der Waals surface area contributed by atoms with Crippen molar-refractivity contribution in [2.75, 3.05) is 6.54 Å². The largest absolute Gasteiger partial charge is 0.350 e. The molecule has 0 bridgehead atoms. The van der Waals surface area contributed by atoms with E-state index in [0.717, 1.165) is 23.5 Å². The van der Waals surface area contributed by atoms with Crippen LogP contribution in [0, 0.1) is 19.3 Å². The molecule has 0 atom stereocenters. The molecule has 0 unspecified atom stereocenters. The van der Waals surface area contributed by atoms with Crippen molar-refractivity contribution in [1.29, 1.82) is 0 Å². The summed E-state index contributed by atoms with van der Waals surface area (Å²) in [4.78, 5) is 28.6. The third-order valence-corrected chi connectivity index (χ3v) is 3.57. The molecule has 2 aromatic rings. The molecule has 6 heteroatoms. The van der Waals surface area contributed by atoms with E-state index in [1.54, 1.807) is 0 Å². The Morgan fingerprint density at radius 3 is 2.48 bits per heavy atom. The predicted molar refractivity (Wildman–Crippen MR) is 78.9 cm³/mol. The van der Waals surface area contributed by atoms with Crippen molar-refractivity contribution in [2.24, 2.45) is 5.41 Å². The van der Waals surface area contributed by atoms with Crippen LogP contribution in [-0.2, 0) is 6.42 Å². The minimum Gasteiger partial charge on any atom is -0.350 e. The first-order chi connectivity index (χ1) is 9.84. The van der Waals surface area contributed by atoms with Gasteiger partial charge in [0.15, 0.2) is 11.6 Å². The Balaban J connectivity index is 2.08. The second kappa shape index (κ2) is 4.65. The maximum absolute atomic E-state index is 12.1. The molecule has 0 aliphatic carbocycles. The number of rotatable bonds is 1. The lowest BCUT2D eigenvalue weighted by Crippen LogP contribution is -2.32. The van der Waals surface area contributed by atoms with Crippen molar-refractivity contribution >= 4 is 5.91 Å². The molecule has 3 rings (SSSR count). The molecule has 110 valence electrons. The Kier molecular flexibility index (Phi) is 3.04. The van der Waals surface area contributed by atoms with Crippen LogP contribution in [-0.4, -0.2) is 32.4 Å². The van der Waals surface area contributed by atoms with E-state index >= 15 is 0 Å². The number of carbonyl (C=O) groups excluding carboxylic acids is 1. The van der Waals surface area contributed by atoms with Crippen LogP contribution in [0.25, 0.3) is 11.6 Å². The highest BCUT2D eigenvalue weighted by atomic mass is 16.1. The Bertz CT molecular complexity index is 697. The Labute approximate surface area is 123 Å². The van der Waals surface area contributed by atoms with Gasteiger partial charge in [0, 0.05) is 23.6 Å². The number of aromatic nitrogens is 4. The van der Waals surface area contributed by atoms with Crippen molar-refractivity contribution in [3.05, 3.63) is 28.8 Å². The SMILES string of the molecule is Cc1cc(C)nc(-c2nc3c([nH]2)CC(C)(C)CNC3=O)n1. The van der Waals surface area contributed by atoms with E-state index in [1.807, 2.05) is 19.9 Å². The summed E-state index contributed by atoms with van der Waals surface area (Å²) in [6, 6.07) is 1.91. The quantitative estimate of drug-likeness (QED) is 0.836. The third-order valence-electron chi connectivity index (χ3n) is 3.57. The maximum atomic E-state index is 12.1. The summed E-state index contributed by atoms with van der Waals surface area (Å²) in [6.07, 6.45) is 0.763. The molecule has 21 heavy (non-hydrogen) atoms. The van der Waals surface area contributed by atoms with Crippen LogP contribution >= 0.6 is 0 Å². The average Bonchev–Trinajstić information content (AvgIpc) is 2.74. The molecule has 2 aromatic heterocycles. The number of hydrogen-bond donors (Lipinski definition) is 2. The molecule has 1 amide bonds. The number of aryl methyl sites for hydroxylation is 2. The van der Waals surface area contributed by atoms with Crippen molar-refractivity contribution in [2.45, 2.75) is 34.1 Å². The Morgan fingerprint density at radius 2 is 1.81 bits per heavy atom. The lowest BCUT2D eigenvalue weighted by molar-refractivity contribution is 0.0940. The summed E-state index contributed by atoms with van der Waals surface area (Å²) in [7, 11) is 0. The van der Waals surface area contributed by atoms with Gasteiger partial charge >= 0.3 is 0 Å². The number of amides is 1. The first-order valence-corrected chi connectivity index (χ1v) is 7.04. The second-order valence-corrected chi connectivity index (χ2v) is 6.41. The van der Waals surface area contributed by atoms with Gasteiger partial charge in [-0.05, 0) is 31.7 Å². The monoisotopic (exact) mass is 285 g/mol. The lowest BCUT2D eigenvalue weighted by Gasteiger charge is -2.21. The van der Waals surface area contributed by atoms with E-state index in [4.69, 9.17) is 0 Å². The summed E-state index contributed by atoms with van der Waals surface area (Å²) in [5.74, 6) is 0.952. The van der Waals surface area contributed by atoms with Gasteiger partial charge < -0.3 is 10.3 Å². The van der Waals surface area contributed by atoms with Crippen LogP contribution in [0.5, 0.6) is 0 Å². The van der Waals surface area contributed by atoms with Crippen LogP contribution in [0.15, 0.2) is 6.07 Å². The van der Waals surface area contributed by atoms with Crippen LogP contribution in [0.4, 0.5) is 0 Å². The van der Waals surface area contributed by atoms with E-state index in [9.17, 15) is 4.79 Å². The Morgan fingerprint density at radius 1 is 1.14 bits per heavy atom. The molecular weight excluding hydrogens is 266 g/mol. The first kappa shape index (κ1) is 13.7. The van der Waals surface area contributed by atoms with Crippen LogP contribution in [0.2, 0.25) is 0 Å². The lowest BCUT2D eigenvalue weighted by atomic mass is 9.88. The van der Waals surface area contributed by atoms with Gasteiger partial charge in [0.2, 0.25) is 0 Å². The molecule has 1 aliphatic rings. The fourth-order valence-corrected chi connectivity index (χ4v) is 2.61. The zero-order chi connectivity index (χ0) is 15.2. The molecule has 3 heterocycles. The highest BCUT2D eigenvalue weighted by Gasteiger charge is 2.30. The van der Waals surface area contributed by atoms with Gasteiger partial charge in [0.25, 0.3) is 5.91 Å². The maximum Gasteiger partial charge on any atom is 0.271 e. The molecule has 1 aliphatic heterocycles. The normalized spacial score (nSPS) is 17.0. The topological polar surface area (TPSA) is 83.6 Å². The van der Waals surface area contributed by atoms with E-state index in [-0.39, 0.29) is 11.3 Å². The number of aromatic amines is 1.